The van der Waals surface area contributed by atoms with Gasteiger partial charge in [0.25, 0.3) is 0 Å². The van der Waals surface area contributed by atoms with Gasteiger partial charge in [0, 0.05) is 12.0 Å². The molecule has 1 aliphatic carbocycles. The number of hydrogen-bond acceptors (Lipinski definition) is 2. The Bertz CT molecular complexity index is 352. The van der Waals surface area contributed by atoms with Crippen molar-refractivity contribution in [3.8, 4) is 0 Å². The number of nitrogens with two attached hydrogens (primary N) is 1. The third-order valence-corrected chi connectivity index (χ3v) is 3.52. The zero-order valence-electron chi connectivity index (χ0n) is 8.47. The highest BCUT2D eigenvalue weighted by atomic mass is 32.1. The van der Waals surface area contributed by atoms with Crippen LogP contribution in [0.1, 0.15) is 24.3 Å². The first-order valence-electron chi connectivity index (χ1n) is 5.23. The van der Waals surface area contributed by atoms with Crippen molar-refractivity contribution in [3.63, 3.8) is 0 Å². The highest BCUT2D eigenvalue weighted by Crippen LogP contribution is 2.39. The minimum absolute atomic E-state index is 0.0276. The average Bonchev–Trinajstić information content (AvgIpc) is 2.61. The molecule has 15 heavy (non-hydrogen) atoms. The first-order chi connectivity index (χ1) is 7.20. The van der Waals surface area contributed by atoms with Crippen LogP contribution in [-0.4, -0.2) is 11.2 Å². The van der Waals surface area contributed by atoms with Crippen molar-refractivity contribution in [2.24, 2.45) is 11.7 Å². The Hall–Kier alpha value is -0.800. The standard InChI is InChI=1S/C12H15NOS/c13-10-7-6-9(11(10)12(14)15)8-4-2-1-3-5-8/h1-5,9-11H,6-7,13H2,(H,14,15). The molecule has 0 saturated heterocycles. The first kappa shape index (κ1) is 10.7. The quantitative estimate of drug-likeness (QED) is 0.750. The van der Waals surface area contributed by atoms with Gasteiger partial charge in [-0.3, -0.25) is 4.79 Å². The number of rotatable bonds is 2. The number of carbonyl (C=O) groups is 1. The van der Waals surface area contributed by atoms with Crippen LogP contribution in [0.5, 0.6) is 0 Å². The number of thiol groups is 1. The van der Waals surface area contributed by atoms with Crippen LogP contribution in [0.4, 0.5) is 0 Å². The zero-order chi connectivity index (χ0) is 10.8. The Morgan fingerprint density at radius 2 is 1.93 bits per heavy atom. The van der Waals surface area contributed by atoms with Gasteiger partial charge in [-0.25, -0.2) is 0 Å². The van der Waals surface area contributed by atoms with Crippen molar-refractivity contribution in [1.82, 2.24) is 0 Å². The second-order valence-electron chi connectivity index (χ2n) is 4.12. The van der Waals surface area contributed by atoms with E-state index in [0.717, 1.165) is 12.8 Å². The van der Waals surface area contributed by atoms with Gasteiger partial charge < -0.3 is 5.73 Å². The van der Waals surface area contributed by atoms with E-state index in [1.54, 1.807) is 0 Å². The van der Waals surface area contributed by atoms with E-state index in [4.69, 9.17) is 5.73 Å². The summed E-state index contributed by atoms with van der Waals surface area (Å²) in [7, 11) is 0. The molecule has 2 nitrogen and oxygen atoms in total. The van der Waals surface area contributed by atoms with E-state index in [1.807, 2.05) is 18.2 Å². The van der Waals surface area contributed by atoms with Crippen molar-refractivity contribution < 1.29 is 4.79 Å². The third-order valence-electron chi connectivity index (χ3n) is 3.22. The van der Waals surface area contributed by atoms with Gasteiger partial charge in [0.2, 0.25) is 0 Å². The van der Waals surface area contributed by atoms with Crippen LogP contribution in [0, 0.1) is 5.92 Å². The number of carbonyl (C=O) groups excluding carboxylic acids is 1. The Morgan fingerprint density at radius 1 is 1.27 bits per heavy atom. The van der Waals surface area contributed by atoms with E-state index < -0.39 is 0 Å². The molecule has 0 aliphatic heterocycles. The van der Waals surface area contributed by atoms with Crippen molar-refractivity contribution in [3.05, 3.63) is 35.9 Å². The Balaban J connectivity index is 2.26. The molecule has 2 N–H and O–H groups in total. The first-order valence-corrected chi connectivity index (χ1v) is 5.68. The molecule has 1 aromatic carbocycles. The van der Waals surface area contributed by atoms with Crippen LogP contribution in [0.25, 0.3) is 0 Å². The molecular formula is C12H15NOS. The monoisotopic (exact) mass is 221 g/mol. The largest absolute Gasteiger partial charge is 0.327 e. The second-order valence-corrected chi connectivity index (χ2v) is 4.56. The summed E-state index contributed by atoms with van der Waals surface area (Å²) in [6, 6.07) is 10.1. The minimum Gasteiger partial charge on any atom is -0.327 e. The van der Waals surface area contributed by atoms with Crippen LogP contribution in [0.3, 0.4) is 0 Å². The molecule has 0 bridgehead atoms. The van der Waals surface area contributed by atoms with E-state index in [0.29, 0.717) is 0 Å². The summed E-state index contributed by atoms with van der Waals surface area (Å²) in [5.74, 6) is 0.141. The van der Waals surface area contributed by atoms with E-state index in [-0.39, 0.29) is 23.0 Å². The van der Waals surface area contributed by atoms with Gasteiger partial charge in [0.05, 0.1) is 0 Å². The summed E-state index contributed by atoms with van der Waals surface area (Å²) < 4.78 is 0. The van der Waals surface area contributed by atoms with Gasteiger partial charge >= 0.3 is 0 Å². The highest BCUT2D eigenvalue weighted by Gasteiger charge is 2.38. The average molecular weight is 221 g/mol. The maximum Gasteiger partial charge on any atom is 0.191 e. The molecule has 0 spiro atoms. The molecule has 0 amide bonds. The zero-order valence-corrected chi connectivity index (χ0v) is 9.36. The van der Waals surface area contributed by atoms with Gasteiger partial charge in [-0.1, -0.05) is 30.3 Å². The predicted octanol–water partition coefficient (Wildman–Crippen LogP) is 1.96. The molecule has 3 atom stereocenters. The molecule has 80 valence electrons. The summed E-state index contributed by atoms with van der Waals surface area (Å²) in [6.45, 7) is 0. The molecule has 0 radical (unpaired) electrons. The second kappa shape index (κ2) is 4.37. The summed E-state index contributed by atoms with van der Waals surface area (Å²) in [5.41, 5.74) is 7.14. The third kappa shape index (κ3) is 2.08. The van der Waals surface area contributed by atoms with Gasteiger partial charge in [-0.15, -0.1) is 12.6 Å². The molecule has 1 fully saturated rings. The van der Waals surface area contributed by atoms with Crippen LogP contribution < -0.4 is 5.73 Å². The van der Waals surface area contributed by atoms with E-state index in [2.05, 4.69) is 24.8 Å². The van der Waals surface area contributed by atoms with Crippen LogP contribution in [0.15, 0.2) is 30.3 Å². The predicted molar refractivity (Wildman–Crippen MR) is 63.9 cm³/mol. The lowest BCUT2D eigenvalue weighted by molar-refractivity contribution is -0.114. The van der Waals surface area contributed by atoms with Gasteiger partial charge in [-0.2, -0.15) is 0 Å². The Morgan fingerprint density at radius 3 is 2.53 bits per heavy atom. The molecule has 3 unspecified atom stereocenters. The molecule has 1 saturated carbocycles. The fraction of sp³-hybridized carbons (Fsp3) is 0.417. The number of benzene rings is 1. The van der Waals surface area contributed by atoms with Gasteiger partial charge in [-0.05, 0) is 24.3 Å². The Kier molecular flexibility index (Phi) is 3.12. The van der Waals surface area contributed by atoms with E-state index >= 15 is 0 Å². The topological polar surface area (TPSA) is 43.1 Å². The molecule has 1 aromatic rings. The van der Waals surface area contributed by atoms with Crippen molar-refractivity contribution >= 4 is 17.7 Å². The van der Waals surface area contributed by atoms with Crippen LogP contribution >= 0.6 is 12.6 Å². The molecule has 3 heteroatoms. The van der Waals surface area contributed by atoms with Crippen molar-refractivity contribution in [1.29, 1.82) is 0 Å². The Labute approximate surface area is 95.3 Å². The van der Waals surface area contributed by atoms with E-state index in [9.17, 15) is 4.79 Å². The maximum absolute atomic E-state index is 11.4. The van der Waals surface area contributed by atoms with Crippen LogP contribution in [-0.2, 0) is 4.79 Å². The lowest BCUT2D eigenvalue weighted by Gasteiger charge is -2.19. The summed E-state index contributed by atoms with van der Waals surface area (Å²) in [4.78, 5) is 11.4. The molecule has 0 aromatic heterocycles. The number of hydrogen-bond donors (Lipinski definition) is 2. The fourth-order valence-electron chi connectivity index (χ4n) is 2.46. The summed E-state index contributed by atoms with van der Waals surface area (Å²) >= 11 is 3.94. The van der Waals surface area contributed by atoms with Gasteiger partial charge in [0.1, 0.15) is 0 Å². The van der Waals surface area contributed by atoms with E-state index in [1.165, 1.54) is 5.56 Å². The molecule has 2 rings (SSSR count). The normalized spacial score (nSPS) is 30.4. The maximum atomic E-state index is 11.4. The highest BCUT2D eigenvalue weighted by molar-refractivity contribution is 7.96. The van der Waals surface area contributed by atoms with Gasteiger partial charge in [0.15, 0.2) is 5.12 Å². The minimum atomic E-state index is -0.115. The summed E-state index contributed by atoms with van der Waals surface area (Å²) in [6.07, 6.45) is 1.90. The summed E-state index contributed by atoms with van der Waals surface area (Å²) in [5, 5.41) is -0.0751. The fourth-order valence-corrected chi connectivity index (χ4v) is 2.83. The smallest absolute Gasteiger partial charge is 0.191 e. The van der Waals surface area contributed by atoms with Crippen LogP contribution in [0.2, 0.25) is 0 Å². The van der Waals surface area contributed by atoms with Crippen molar-refractivity contribution in [2.75, 3.05) is 0 Å². The lowest BCUT2D eigenvalue weighted by atomic mass is 9.88. The molecular weight excluding hydrogens is 206 g/mol. The lowest BCUT2D eigenvalue weighted by Crippen LogP contribution is -2.31. The molecule has 0 heterocycles. The SMILES string of the molecule is NC1CCC(c2ccccc2)C1C(=O)S. The molecule has 1 aliphatic rings. The van der Waals surface area contributed by atoms with Crippen molar-refractivity contribution in [2.45, 2.75) is 24.8 Å².